The molecule has 1 fully saturated rings. The van der Waals surface area contributed by atoms with E-state index < -0.39 is 10.0 Å². The average molecular weight is 339 g/mol. The van der Waals surface area contributed by atoms with Crippen molar-refractivity contribution in [3.63, 3.8) is 0 Å². The van der Waals surface area contributed by atoms with Crippen LogP contribution in [0.15, 0.2) is 17.0 Å². The lowest BCUT2D eigenvalue weighted by molar-refractivity contribution is 0.249. The van der Waals surface area contributed by atoms with Crippen molar-refractivity contribution in [1.82, 2.24) is 4.72 Å². The molecule has 20 heavy (non-hydrogen) atoms. The normalized spacial score (nSPS) is 17.1. The average Bonchev–Trinajstić information content (AvgIpc) is 3.06. The number of halogens is 2. The summed E-state index contributed by atoms with van der Waals surface area (Å²) in [5, 5.41) is 9.25. The van der Waals surface area contributed by atoms with E-state index in [1.807, 2.05) is 0 Å². The van der Waals surface area contributed by atoms with Crippen LogP contribution in [-0.2, 0) is 10.0 Å². The number of hydrogen-bond donors (Lipinski definition) is 3. The molecule has 1 saturated carbocycles. The Morgan fingerprint density at radius 2 is 2.00 bits per heavy atom. The van der Waals surface area contributed by atoms with E-state index in [1.165, 1.54) is 12.1 Å². The molecule has 0 radical (unpaired) electrons. The lowest BCUT2D eigenvalue weighted by Crippen LogP contribution is -2.31. The number of anilines is 1. The predicted octanol–water partition coefficient (Wildman–Crippen LogP) is 2.02. The maximum atomic E-state index is 12.3. The smallest absolute Gasteiger partial charge is 0.244 e. The maximum absolute atomic E-state index is 12.3. The van der Waals surface area contributed by atoms with E-state index in [2.05, 4.69) is 4.72 Å². The van der Waals surface area contributed by atoms with Gasteiger partial charge in [0.25, 0.3) is 0 Å². The van der Waals surface area contributed by atoms with Gasteiger partial charge < -0.3 is 10.8 Å². The van der Waals surface area contributed by atoms with Crippen LogP contribution in [0.5, 0.6) is 0 Å². The molecule has 112 valence electrons. The van der Waals surface area contributed by atoms with Gasteiger partial charge in [-0.2, -0.15) is 0 Å². The molecule has 1 aliphatic carbocycles. The minimum absolute atomic E-state index is 0.00509. The highest BCUT2D eigenvalue weighted by atomic mass is 35.5. The van der Waals surface area contributed by atoms with Crippen molar-refractivity contribution < 1.29 is 13.5 Å². The quantitative estimate of drug-likeness (QED) is 0.692. The fourth-order valence-electron chi connectivity index (χ4n) is 2.11. The Balaban J connectivity index is 2.19. The Bertz CT molecular complexity index is 592. The van der Waals surface area contributed by atoms with E-state index >= 15 is 0 Å². The van der Waals surface area contributed by atoms with Gasteiger partial charge in [0.1, 0.15) is 4.90 Å². The van der Waals surface area contributed by atoms with Gasteiger partial charge in [-0.1, -0.05) is 23.2 Å². The maximum Gasteiger partial charge on any atom is 0.244 e. The molecule has 8 heteroatoms. The molecule has 0 saturated heterocycles. The van der Waals surface area contributed by atoms with Crippen molar-refractivity contribution in [3.8, 4) is 0 Å². The van der Waals surface area contributed by atoms with Crippen molar-refractivity contribution in [1.29, 1.82) is 0 Å². The Labute approximate surface area is 128 Å². The topological polar surface area (TPSA) is 92.4 Å². The summed E-state index contributed by atoms with van der Waals surface area (Å²) in [6.07, 6.45) is 2.39. The highest BCUT2D eigenvalue weighted by Crippen LogP contribution is 2.48. The number of aliphatic hydroxyl groups excluding tert-OH is 1. The van der Waals surface area contributed by atoms with Gasteiger partial charge in [0.15, 0.2) is 0 Å². The van der Waals surface area contributed by atoms with Crippen LogP contribution in [0.1, 0.15) is 19.3 Å². The summed E-state index contributed by atoms with van der Waals surface area (Å²) >= 11 is 11.7. The van der Waals surface area contributed by atoms with Crippen LogP contribution < -0.4 is 10.5 Å². The summed E-state index contributed by atoms with van der Waals surface area (Å²) in [5.74, 6) is 0. The zero-order valence-electron chi connectivity index (χ0n) is 10.7. The van der Waals surface area contributed by atoms with Gasteiger partial charge in [0.2, 0.25) is 10.0 Å². The molecule has 0 atom stereocenters. The van der Waals surface area contributed by atoms with E-state index in [1.54, 1.807) is 0 Å². The summed E-state index contributed by atoms with van der Waals surface area (Å²) in [5.41, 5.74) is 5.58. The fourth-order valence-corrected chi connectivity index (χ4v) is 4.25. The highest BCUT2D eigenvalue weighted by molar-refractivity contribution is 7.89. The third-order valence-corrected chi connectivity index (χ3v) is 5.69. The van der Waals surface area contributed by atoms with Crippen LogP contribution in [0.2, 0.25) is 10.0 Å². The summed E-state index contributed by atoms with van der Waals surface area (Å²) in [4.78, 5) is -0.150. The van der Waals surface area contributed by atoms with Crippen LogP contribution in [0, 0.1) is 5.41 Å². The standard InChI is InChI=1S/C12H16Cl2N2O3S/c13-8-5-9(14)11(10(15)6-8)20(18,19)16-7-12(1-2-12)3-4-17/h5-6,16-17H,1-4,7,15H2. The van der Waals surface area contributed by atoms with Gasteiger partial charge in [-0.3, -0.25) is 0 Å². The van der Waals surface area contributed by atoms with Gasteiger partial charge >= 0.3 is 0 Å². The third-order valence-electron chi connectivity index (χ3n) is 3.54. The van der Waals surface area contributed by atoms with Crippen LogP contribution in [0.25, 0.3) is 0 Å². The van der Waals surface area contributed by atoms with Crippen LogP contribution in [0.4, 0.5) is 5.69 Å². The summed E-state index contributed by atoms with van der Waals surface area (Å²) in [6, 6.07) is 2.69. The van der Waals surface area contributed by atoms with Crippen LogP contribution >= 0.6 is 23.2 Å². The van der Waals surface area contributed by atoms with Crippen molar-refractivity contribution in [2.24, 2.45) is 5.41 Å². The molecule has 0 spiro atoms. The molecule has 4 N–H and O–H groups in total. The number of nitrogen functional groups attached to an aromatic ring is 1. The van der Waals surface area contributed by atoms with Crippen molar-refractivity contribution in [2.75, 3.05) is 18.9 Å². The second-order valence-electron chi connectivity index (χ2n) is 5.10. The van der Waals surface area contributed by atoms with E-state index in [4.69, 9.17) is 34.0 Å². The van der Waals surface area contributed by atoms with Crippen molar-refractivity contribution in [2.45, 2.75) is 24.2 Å². The molecule has 5 nitrogen and oxygen atoms in total. The number of hydrogen-bond acceptors (Lipinski definition) is 4. The van der Waals surface area contributed by atoms with E-state index in [9.17, 15) is 8.42 Å². The van der Waals surface area contributed by atoms with Gasteiger partial charge in [-0.15, -0.1) is 0 Å². The fraction of sp³-hybridized carbons (Fsp3) is 0.500. The molecule has 0 amide bonds. The van der Waals surface area contributed by atoms with Crippen molar-refractivity contribution in [3.05, 3.63) is 22.2 Å². The van der Waals surface area contributed by atoms with Crippen LogP contribution in [-0.4, -0.2) is 26.7 Å². The summed E-state index contributed by atoms with van der Waals surface area (Å²) in [7, 11) is -3.80. The van der Waals surface area contributed by atoms with Gasteiger partial charge in [-0.25, -0.2) is 13.1 Å². The minimum atomic E-state index is -3.80. The first-order valence-corrected chi connectivity index (χ1v) is 8.39. The van der Waals surface area contributed by atoms with E-state index in [0.717, 1.165) is 12.8 Å². The second-order valence-corrected chi connectivity index (χ2v) is 7.65. The molecular formula is C12H16Cl2N2O3S. The molecule has 0 unspecified atom stereocenters. The molecule has 0 aromatic heterocycles. The van der Waals surface area contributed by atoms with Gasteiger partial charge in [-0.05, 0) is 36.8 Å². The Morgan fingerprint density at radius 1 is 1.35 bits per heavy atom. The largest absolute Gasteiger partial charge is 0.398 e. The first kappa shape index (κ1) is 15.9. The molecule has 0 bridgehead atoms. The number of benzene rings is 1. The lowest BCUT2D eigenvalue weighted by Gasteiger charge is -2.16. The van der Waals surface area contributed by atoms with Gasteiger partial charge in [0.05, 0.1) is 10.7 Å². The summed E-state index contributed by atoms with van der Waals surface area (Å²) < 4.78 is 27.1. The molecule has 1 aliphatic rings. The molecular weight excluding hydrogens is 323 g/mol. The minimum Gasteiger partial charge on any atom is -0.398 e. The number of sulfonamides is 1. The molecule has 2 rings (SSSR count). The predicted molar refractivity (Wildman–Crippen MR) is 79.4 cm³/mol. The van der Waals surface area contributed by atoms with E-state index in [0.29, 0.717) is 6.42 Å². The van der Waals surface area contributed by atoms with E-state index in [-0.39, 0.29) is 39.2 Å². The first-order valence-electron chi connectivity index (χ1n) is 6.15. The Morgan fingerprint density at radius 3 is 2.50 bits per heavy atom. The highest BCUT2D eigenvalue weighted by Gasteiger charge is 2.42. The number of aliphatic hydroxyl groups is 1. The monoisotopic (exact) mass is 338 g/mol. The zero-order chi connectivity index (χ0) is 15.0. The Kier molecular flexibility index (Phi) is 4.51. The molecule has 0 heterocycles. The number of nitrogens with one attached hydrogen (secondary N) is 1. The van der Waals surface area contributed by atoms with Crippen LogP contribution in [0.3, 0.4) is 0 Å². The van der Waals surface area contributed by atoms with Crippen molar-refractivity contribution >= 4 is 38.9 Å². The number of rotatable bonds is 6. The SMILES string of the molecule is Nc1cc(Cl)cc(Cl)c1S(=O)(=O)NCC1(CCO)CC1. The molecule has 1 aromatic rings. The van der Waals surface area contributed by atoms with Gasteiger partial charge in [0, 0.05) is 18.2 Å². The number of nitrogens with two attached hydrogens (primary N) is 1. The third kappa shape index (κ3) is 3.38. The second kappa shape index (κ2) is 5.69. The zero-order valence-corrected chi connectivity index (χ0v) is 13.0. The Hall–Kier alpha value is -0.530. The summed E-state index contributed by atoms with van der Waals surface area (Å²) in [6.45, 7) is 0.319. The first-order chi connectivity index (χ1) is 9.30. The molecule has 0 aliphatic heterocycles. The lowest BCUT2D eigenvalue weighted by atomic mass is 10.0. The molecule has 1 aromatic carbocycles.